The molecule has 0 spiro atoms. The average Bonchev–Trinajstić information content (AvgIpc) is 2.40. The van der Waals surface area contributed by atoms with Crippen LogP contribution in [0.4, 0.5) is 0 Å². The number of hydrogen-bond donors (Lipinski definition) is 0. The maximum Gasteiger partial charge on any atom is 0.170 e. The standard InChI is InChI=1S/4C3H10OSi/c4*1-4-5(2)3/h4*5H,1-3H3. The summed E-state index contributed by atoms with van der Waals surface area (Å²) in [6, 6.07) is 0. The largest absolute Gasteiger partial charge is 0.424 e. The molecule has 0 aliphatic heterocycles. The van der Waals surface area contributed by atoms with Crippen molar-refractivity contribution >= 4 is 36.2 Å². The normalized spacial score (nSPS) is 9.60. The Balaban J connectivity index is -0.0000000853. The summed E-state index contributed by atoms with van der Waals surface area (Å²) in [5.41, 5.74) is 0. The molecular weight excluding hydrogens is 320 g/mol. The lowest BCUT2D eigenvalue weighted by Gasteiger charge is -1.92. The van der Waals surface area contributed by atoms with Crippen LogP contribution in [0.5, 0.6) is 0 Å². The maximum atomic E-state index is 4.89. The molecule has 0 fully saturated rings. The smallest absolute Gasteiger partial charge is 0.170 e. The van der Waals surface area contributed by atoms with Crippen molar-refractivity contribution in [3.63, 3.8) is 0 Å². The van der Waals surface area contributed by atoms with E-state index in [0.717, 1.165) is 0 Å². The first-order valence-corrected chi connectivity index (χ1v) is 18.3. The van der Waals surface area contributed by atoms with Gasteiger partial charge in [-0.05, 0) is 52.4 Å². The van der Waals surface area contributed by atoms with Crippen molar-refractivity contribution in [2.24, 2.45) is 0 Å². The van der Waals surface area contributed by atoms with E-state index >= 15 is 0 Å². The Morgan fingerprint density at radius 2 is 0.400 bits per heavy atom. The Hall–Kier alpha value is 0.708. The Morgan fingerprint density at radius 3 is 0.400 bits per heavy atom. The molecule has 0 unspecified atom stereocenters. The fraction of sp³-hybridized carbons (Fsp3) is 1.00. The van der Waals surface area contributed by atoms with Gasteiger partial charge in [-0.25, -0.2) is 0 Å². The molecule has 0 N–H and O–H groups in total. The quantitative estimate of drug-likeness (QED) is 0.722. The summed E-state index contributed by atoms with van der Waals surface area (Å²) in [6.07, 6.45) is 0. The van der Waals surface area contributed by atoms with Crippen LogP contribution >= 0.6 is 0 Å². The van der Waals surface area contributed by atoms with E-state index in [-0.39, 0.29) is 0 Å². The summed E-state index contributed by atoms with van der Waals surface area (Å²) in [5.74, 6) is 0. The highest BCUT2D eigenvalue weighted by atomic mass is 28.3. The second-order valence-corrected chi connectivity index (χ2v) is 15.4. The minimum Gasteiger partial charge on any atom is -0.424 e. The zero-order valence-electron chi connectivity index (χ0n) is 15.9. The van der Waals surface area contributed by atoms with Crippen molar-refractivity contribution in [1.82, 2.24) is 0 Å². The maximum absolute atomic E-state index is 4.89. The zero-order valence-corrected chi connectivity index (χ0v) is 20.6. The third-order valence-corrected chi connectivity index (χ3v) is 5.66. The van der Waals surface area contributed by atoms with Gasteiger partial charge in [0.25, 0.3) is 0 Å². The van der Waals surface area contributed by atoms with Gasteiger partial charge in [0, 0.05) is 28.4 Å². The Bertz CT molecular complexity index is 115. The molecule has 128 valence electrons. The van der Waals surface area contributed by atoms with Gasteiger partial charge in [-0.1, -0.05) is 0 Å². The molecule has 0 aromatic carbocycles. The van der Waals surface area contributed by atoms with Crippen LogP contribution in [0.2, 0.25) is 52.4 Å². The third-order valence-electron chi connectivity index (χ3n) is 1.89. The molecule has 0 saturated heterocycles. The van der Waals surface area contributed by atoms with Crippen molar-refractivity contribution in [2.75, 3.05) is 28.4 Å². The molecule has 20 heavy (non-hydrogen) atoms. The van der Waals surface area contributed by atoms with E-state index in [1.165, 1.54) is 0 Å². The molecule has 0 heterocycles. The molecule has 0 rings (SSSR count). The Kier molecular flexibility index (Phi) is 35.6. The summed E-state index contributed by atoms with van der Waals surface area (Å²) in [5, 5.41) is 0. The molecule has 0 atom stereocenters. The first-order valence-electron chi connectivity index (χ1n) is 7.19. The highest BCUT2D eigenvalue weighted by molar-refractivity contribution is 6.49. The predicted octanol–water partition coefficient (Wildman–Crippen LogP) is 2.46. The van der Waals surface area contributed by atoms with Gasteiger partial charge >= 0.3 is 0 Å². The molecule has 0 bridgehead atoms. The van der Waals surface area contributed by atoms with Crippen LogP contribution in [0.3, 0.4) is 0 Å². The van der Waals surface area contributed by atoms with Gasteiger partial charge in [-0.3, -0.25) is 0 Å². The Labute approximate surface area is 135 Å². The van der Waals surface area contributed by atoms with Crippen LogP contribution < -0.4 is 0 Å². The predicted molar refractivity (Wildman–Crippen MR) is 104 cm³/mol. The second kappa shape index (κ2) is 24.7. The van der Waals surface area contributed by atoms with E-state index in [1.807, 2.05) is 0 Å². The van der Waals surface area contributed by atoms with Crippen LogP contribution in [0.15, 0.2) is 0 Å². The molecule has 0 aliphatic rings. The molecule has 0 aromatic rings. The molecule has 4 nitrogen and oxygen atoms in total. The SMILES string of the molecule is CO[SiH](C)C.CO[SiH](C)C.CO[SiH](C)C.CO[SiH](C)C. The van der Waals surface area contributed by atoms with Gasteiger partial charge in [-0.15, -0.1) is 0 Å². The van der Waals surface area contributed by atoms with Gasteiger partial charge in [0.1, 0.15) is 0 Å². The topological polar surface area (TPSA) is 36.9 Å². The van der Waals surface area contributed by atoms with E-state index in [1.54, 1.807) is 28.4 Å². The fourth-order valence-corrected chi connectivity index (χ4v) is 0. The van der Waals surface area contributed by atoms with Gasteiger partial charge < -0.3 is 17.7 Å². The van der Waals surface area contributed by atoms with Crippen molar-refractivity contribution in [3.05, 3.63) is 0 Å². The summed E-state index contributed by atoms with van der Waals surface area (Å²) in [6.45, 7) is 17.1. The van der Waals surface area contributed by atoms with Crippen LogP contribution in [-0.2, 0) is 17.7 Å². The van der Waals surface area contributed by atoms with Crippen LogP contribution in [0, 0.1) is 0 Å². The average molecular weight is 361 g/mol. The van der Waals surface area contributed by atoms with Crippen LogP contribution in [-0.4, -0.2) is 64.6 Å². The molecule has 0 aromatic heterocycles. The van der Waals surface area contributed by atoms with E-state index in [9.17, 15) is 0 Å². The van der Waals surface area contributed by atoms with Crippen molar-refractivity contribution in [2.45, 2.75) is 52.4 Å². The van der Waals surface area contributed by atoms with Crippen molar-refractivity contribution < 1.29 is 17.7 Å². The minimum absolute atomic E-state index is 0.650. The van der Waals surface area contributed by atoms with E-state index in [4.69, 9.17) is 17.7 Å². The van der Waals surface area contributed by atoms with Gasteiger partial charge in [0.05, 0.1) is 0 Å². The number of hydrogen-bond acceptors (Lipinski definition) is 4. The van der Waals surface area contributed by atoms with E-state index in [2.05, 4.69) is 52.4 Å². The zero-order chi connectivity index (χ0) is 17.1. The lowest BCUT2D eigenvalue weighted by atomic mass is 11.8. The monoisotopic (exact) mass is 360 g/mol. The van der Waals surface area contributed by atoms with Crippen molar-refractivity contribution in [1.29, 1.82) is 0 Å². The molecule has 0 aliphatic carbocycles. The first-order chi connectivity index (χ1) is 9.08. The van der Waals surface area contributed by atoms with Gasteiger partial charge in [0.15, 0.2) is 36.2 Å². The van der Waals surface area contributed by atoms with Crippen LogP contribution in [0.1, 0.15) is 0 Å². The van der Waals surface area contributed by atoms with Gasteiger partial charge in [0.2, 0.25) is 0 Å². The summed E-state index contributed by atoms with van der Waals surface area (Å²) in [7, 11) is 4.44. The summed E-state index contributed by atoms with van der Waals surface area (Å²) >= 11 is 0. The number of rotatable bonds is 4. The molecule has 8 heteroatoms. The molecule has 0 amide bonds. The third kappa shape index (κ3) is 77.4. The second-order valence-electron chi connectivity index (χ2n) is 5.14. The lowest BCUT2D eigenvalue weighted by molar-refractivity contribution is 0.430. The highest BCUT2D eigenvalue weighted by Gasteiger charge is 1.84. The molecule has 0 radical (unpaired) electrons. The molecule has 0 saturated carbocycles. The van der Waals surface area contributed by atoms with E-state index in [0.29, 0.717) is 0 Å². The van der Waals surface area contributed by atoms with E-state index < -0.39 is 36.2 Å². The minimum atomic E-state index is -0.650. The summed E-state index contributed by atoms with van der Waals surface area (Å²) < 4.78 is 19.6. The Morgan fingerprint density at radius 1 is 0.350 bits per heavy atom. The molecular formula is C12H40O4Si4. The van der Waals surface area contributed by atoms with Crippen LogP contribution in [0.25, 0.3) is 0 Å². The first kappa shape index (κ1) is 28.8. The highest BCUT2D eigenvalue weighted by Crippen LogP contribution is 1.74. The lowest BCUT2D eigenvalue weighted by Crippen LogP contribution is -2.00. The fourth-order valence-electron chi connectivity index (χ4n) is 0. The summed E-state index contributed by atoms with van der Waals surface area (Å²) in [4.78, 5) is 0. The van der Waals surface area contributed by atoms with Gasteiger partial charge in [-0.2, -0.15) is 0 Å². The van der Waals surface area contributed by atoms with Crippen molar-refractivity contribution in [3.8, 4) is 0 Å².